The second-order valence-electron chi connectivity index (χ2n) is 5.29. The van der Waals surface area contributed by atoms with Crippen LogP contribution in [0.4, 0.5) is 5.69 Å². The molecule has 1 heterocycles. The largest absolute Gasteiger partial charge is 0.399 e. The molecule has 0 unspecified atom stereocenters. The maximum atomic E-state index is 5.88. The first-order chi connectivity index (χ1) is 8.94. The summed E-state index contributed by atoms with van der Waals surface area (Å²) in [6.45, 7) is 6.56. The molecule has 0 fully saturated rings. The molecule has 6 nitrogen and oxygen atoms in total. The van der Waals surface area contributed by atoms with Crippen LogP contribution in [0, 0.1) is 6.92 Å². The summed E-state index contributed by atoms with van der Waals surface area (Å²) < 4.78 is 7.00. The maximum Gasteiger partial charge on any atom is 0.182 e. The summed E-state index contributed by atoms with van der Waals surface area (Å²) in [7, 11) is 1.66. The first-order valence-corrected chi connectivity index (χ1v) is 6.09. The van der Waals surface area contributed by atoms with Gasteiger partial charge in [0.2, 0.25) is 0 Å². The number of benzene rings is 1. The predicted octanol–water partition coefficient (Wildman–Crippen LogP) is 1.61. The molecule has 102 valence electrons. The lowest BCUT2D eigenvalue weighted by Gasteiger charge is -2.24. The summed E-state index contributed by atoms with van der Waals surface area (Å²) >= 11 is 0. The second kappa shape index (κ2) is 4.97. The molecule has 0 amide bonds. The first-order valence-electron chi connectivity index (χ1n) is 6.09. The van der Waals surface area contributed by atoms with Gasteiger partial charge in [-0.3, -0.25) is 0 Å². The van der Waals surface area contributed by atoms with Gasteiger partial charge in [-0.25, -0.2) is 4.68 Å². The number of nitrogens with zero attached hydrogens (tertiary/aromatic N) is 4. The number of aromatic nitrogens is 4. The SMILES string of the molecule is COCC(C)(C)n1nnnc1-c1cc(C)cc(N)c1. The van der Waals surface area contributed by atoms with Crippen molar-refractivity contribution >= 4 is 5.69 Å². The van der Waals surface area contributed by atoms with E-state index in [-0.39, 0.29) is 5.54 Å². The minimum Gasteiger partial charge on any atom is -0.399 e. The average molecular weight is 261 g/mol. The van der Waals surface area contributed by atoms with Crippen LogP contribution in [-0.2, 0) is 10.3 Å². The molecule has 0 aliphatic heterocycles. The van der Waals surface area contributed by atoms with Gasteiger partial charge in [0.05, 0.1) is 12.1 Å². The Morgan fingerprint density at radius 2 is 2.05 bits per heavy atom. The van der Waals surface area contributed by atoms with Gasteiger partial charge >= 0.3 is 0 Å². The minimum atomic E-state index is -0.327. The molecule has 1 aromatic heterocycles. The van der Waals surface area contributed by atoms with Gasteiger partial charge in [-0.2, -0.15) is 0 Å². The zero-order chi connectivity index (χ0) is 14.0. The van der Waals surface area contributed by atoms with Crippen molar-refractivity contribution in [3.63, 3.8) is 0 Å². The highest BCUT2D eigenvalue weighted by Gasteiger charge is 2.26. The third-order valence-corrected chi connectivity index (χ3v) is 2.90. The second-order valence-corrected chi connectivity index (χ2v) is 5.29. The van der Waals surface area contributed by atoms with Gasteiger partial charge in [0.1, 0.15) is 0 Å². The highest BCUT2D eigenvalue weighted by Crippen LogP contribution is 2.25. The lowest BCUT2D eigenvalue weighted by atomic mass is 10.1. The Bertz CT molecular complexity index is 556. The fourth-order valence-corrected chi connectivity index (χ4v) is 2.13. The van der Waals surface area contributed by atoms with E-state index >= 15 is 0 Å². The van der Waals surface area contributed by atoms with Crippen molar-refractivity contribution in [2.24, 2.45) is 0 Å². The molecule has 0 atom stereocenters. The van der Waals surface area contributed by atoms with Crippen molar-refractivity contribution in [1.82, 2.24) is 20.2 Å². The summed E-state index contributed by atoms with van der Waals surface area (Å²) in [5, 5.41) is 12.0. The van der Waals surface area contributed by atoms with Gasteiger partial charge in [-0.15, -0.1) is 5.10 Å². The number of hydrogen-bond donors (Lipinski definition) is 1. The molecule has 2 rings (SSSR count). The van der Waals surface area contributed by atoms with Crippen LogP contribution in [0.25, 0.3) is 11.4 Å². The number of anilines is 1. The lowest BCUT2D eigenvalue weighted by Crippen LogP contribution is -2.33. The van der Waals surface area contributed by atoms with Crippen LogP contribution in [-0.4, -0.2) is 33.9 Å². The van der Waals surface area contributed by atoms with Crippen LogP contribution in [0.3, 0.4) is 0 Å². The van der Waals surface area contributed by atoms with E-state index in [9.17, 15) is 0 Å². The molecule has 0 spiro atoms. The molecular formula is C13H19N5O. The van der Waals surface area contributed by atoms with E-state index in [1.807, 2.05) is 39.0 Å². The zero-order valence-corrected chi connectivity index (χ0v) is 11.7. The van der Waals surface area contributed by atoms with Crippen LogP contribution in [0.2, 0.25) is 0 Å². The number of methoxy groups -OCH3 is 1. The number of tetrazole rings is 1. The van der Waals surface area contributed by atoms with E-state index in [1.54, 1.807) is 11.8 Å². The Morgan fingerprint density at radius 3 is 2.68 bits per heavy atom. The molecular weight excluding hydrogens is 242 g/mol. The predicted molar refractivity (Wildman–Crippen MR) is 73.6 cm³/mol. The van der Waals surface area contributed by atoms with E-state index in [1.165, 1.54) is 0 Å². The monoisotopic (exact) mass is 261 g/mol. The van der Waals surface area contributed by atoms with E-state index in [4.69, 9.17) is 10.5 Å². The van der Waals surface area contributed by atoms with Crippen LogP contribution >= 0.6 is 0 Å². The molecule has 0 radical (unpaired) electrons. The quantitative estimate of drug-likeness (QED) is 0.846. The number of nitrogens with two attached hydrogens (primary N) is 1. The lowest BCUT2D eigenvalue weighted by molar-refractivity contribution is 0.101. The number of ether oxygens (including phenoxy) is 1. The topological polar surface area (TPSA) is 78.8 Å². The Hall–Kier alpha value is -1.95. The van der Waals surface area contributed by atoms with Crippen molar-refractivity contribution in [2.75, 3.05) is 19.5 Å². The van der Waals surface area contributed by atoms with E-state index in [0.717, 1.165) is 11.1 Å². The van der Waals surface area contributed by atoms with Gasteiger partial charge < -0.3 is 10.5 Å². The summed E-state index contributed by atoms with van der Waals surface area (Å²) in [5.41, 5.74) is 8.24. The van der Waals surface area contributed by atoms with Gasteiger partial charge in [-0.05, 0) is 55.0 Å². The highest BCUT2D eigenvalue weighted by molar-refractivity contribution is 5.62. The molecule has 0 saturated heterocycles. The maximum absolute atomic E-state index is 5.88. The molecule has 0 bridgehead atoms. The molecule has 2 N–H and O–H groups in total. The van der Waals surface area contributed by atoms with Gasteiger partial charge in [0.25, 0.3) is 0 Å². The van der Waals surface area contributed by atoms with Crippen LogP contribution in [0.5, 0.6) is 0 Å². The Balaban J connectivity index is 2.50. The van der Waals surface area contributed by atoms with Crippen molar-refractivity contribution in [3.05, 3.63) is 23.8 Å². The van der Waals surface area contributed by atoms with Crippen molar-refractivity contribution in [3.8, 4) is 11.4 Å². The van der Waals surface area contributed by atoms with Crippen LogP contribution < -0.4 is 5.73 Å². The molecule has 19 heavy (non-hydrogen) atoms. The normalized spacial score (nSPS) is 11.8. The molecule has 6 heteroatoms. The summed E-state index contributed by atoms with van der Waals surface area (Å²) in [5.74, 6) is 0.692. The van der Waals surface area contributed by atoms with E-state index in [0.29, 0.717) is 18.1 Å². The van der Waals surface area contributed by atoms with Crippen molar-refractivity contribution in [2.45, 2.75) is 26.3 Å². The summed E-state index contributed by atoms with van der Waals surface area (Å²) in [6.07, 6.45) is 0. The summed E-state index contributed by atoms with van der Waals surface area (Å²) in [6, 6.07) is 5.80. The smallest absolute Gasteiger partial charge is 0.182 e. The number of rotatable bonds is 4. The zero-order valence-electron chi connectivity index (χ0n) is 11.7. The highest BCUT2D eigenvalue weighted by atomic mass is 16.5. The van der Waals surface area contributed by atoms with Gasteiger partial charge in [-0.1, -0.05) is 0 Å². The molecule has 1 aromatic carbocycles. The standard InChI is InChI=1S/C13H19N5O/c1-9-5-10(7-11(14)6-9)12-15-16-17-18(12)13(2,3)8-19-4/h5-7H,8,14H2,1-4H3. The average Bonchev–Trinajstić information content (AvgIpc) is 2.76. The van der Waals surface area contributed by atoms with Gasteiger partial charge in [0, 0.05) is 18.4 Å². The third kappa shape index (κ3) is 2.73. The number of hydrogen-bond acceptors (Lipinski definition) is 5. The molecule has 2 aromatic rings. The van der Waals surface area contributed by atoms with Crippen LogP contribution in [0.1, 0.15) is 19.4 Å². The number of aryl methyl sites for hydroxylation is 1. The molecule has 0 aliphatic carbocycles. The number of nitrogen functional groups attached to an aromatic ring is 1. The molecule has 0 saturated carbocycles. The van der Waals surface area contributed by atoms with Crippen molar-refractivity contribution in [1.29, 1.82) is 0 Å². The molecule has 0 aliphatic rings. The minimum absolute atomic E-state index is 0.327. The summed E-state index contributed by atoms with van der Waals surface area (Å²) in [4.78, 5) is 0. The Kier molecular flexibility index (Phi) is 3.53. The van der Waals surface area contributed by atoms with Crippen molar-refractivity contribution < 1.29 is 4.74 Å². The van der Waals surface area contributed by atoms with Crippen LogP contribution in [0.15, 0.2) is 18.2 Å². The third-order valence-electron chi connectivity index (χ3n) is 2.90. The van der Waals surface area contributed by atoms with Gasteiger partial charge in [0.15, 0.2) is 5.82 Å². The first kappa shape index (κ1) is 13.5. The fourth-order valence-electron chi connectivity index (χ4n) is 2.13. The fraction of sp³-hybridized carbons (Fsp3) is 0.462. The Morgan fingerprint density at radius 1 is 1.32 bits per heavy atom. The van der Waals surface area contributed by atoms with E-state index < -0.39 is 0 Å². The Labute approximate surface area is 112 Å². The van der Waals surface area contributed by atoms with E-state index in [2.05, 4.69) is 15.5 Å².